The summed E-state index contributed by atoms with van der Waals surface area (Å²) >= 11 is 0. The lowest BCUT2D eigenvalue weighted by molar-refractivity contribution is -0.120. The molecule has 0 spiro atoms. The minimum Gasteiger partial charge on any atom is -0.478 e. The molecule has 1 aromatic carbocycles. The highest BCUT2D eigenvalue weighted by Gasteiger charge is 2.20. The fraction of sp³-hybridized carbons (Fsp3) is 0.556. The number of carbonyl (C=O) groups is 2. The van der Waals surface area contributed by atoms with Crippen molar-refractivity contribution in [2.45, 2.75) is 45.4 Å². The smallest absolute Gasteiger partial charge is 0.335 e. The summed E-state index contributed by atoms with van der Waals surface area (Å²) < 4.78 is 0. The lowest BCUT2D eigenvalue weighted by Gasteiger charge is -2.27. The van der Waals surface area contributed by atoms with Gasteiger partial charge in [-0.15, -0.1) is 0 Å². The Kier molecular flexibility index (Phi) is 5.99. The summed E-state index contributed by atoms with van der Waals surface area (Å²) in [6.45, 7) is 2.96. The van der Waals surface area contributed by atoms with E-state index in [2.05, 4.69) is 12.2 Å². The van der Waals surface area contributed by atoms with Gasteiger partial charge >= 0.3 is 5.97 Å². The molecule has 120 valence electrons. The van der Waals surface area contributed by atoms with Crippen LogP contribution in [0.1, 0.15) is 54.9 Å². The Morgan fingerprint density at radius 2 is 1.77 bits per heavy atom. The van der Waals surface area contributed by atoms with Gasteiger partial charge in [-0.1, -0.05) is 44.4 Å². The third-order valence-electron chi connectivity index (χ3n) is 4.73. The second-order valence-electron chi connectivity index (χ2n) is 6.24. The van der Waals surface area contributed by atoms with Gasteiger partial charge in [-0.25, -0.2) is 4.79 Å². The maximum Gasteiger partial charge on any atom is 0.335 e. The highest BCUT2D eigenvalue weighted by Crippen LogP contribution is 2.30. The Bertz CT molecular complexity index is 519. The van der Waals surface area contributed by atoms with E-state index in [-0.39, 0.29) is 17.9 Å². The first-order chi connectivity index (χ1) is 10.6. The number of carboxylic acids is 1. The molecule has 2 rings (SSSR count). The minimum absolute atomic E-state index is 0.0914. The molecule has 1 aromatic rings. The fourth-order valence-corrected chi connectivity index (χ4v) is 3.22. The molecule has 22 heavy (non-hydrogen) atoms. The molecule has 4 heteroatoms. The number of rotatable bonds is 6. The van der Waals surface area contributed by atoms with E-state index >= 15 is 0 Å². The number of carbonyl (C=O) groups excluding carboxylic acids is 1. The molecule has 1 fully saturated rings. The van der Waals surface area contributed by atoms with Crippen LogP contribution in [-0.4, -0.2) is 23.5 Å². The van der Waals surface area contributed by atoms with Gasteiger partial charge in [0, 0.05) is 6.54 Å². The van der Waals surface area contributed by atoms with Gasteiger partial charge in [0.2, 0.25) is 5.91 Å². The number of hydrogen-bond donors (Lipinski definition) is 2. The summed E-state index contributed by atoms with van der Waals surface area (Å²) in [4.78, 5) is 23.2. The van der Waals surface area contributed by atoms with Crippen LogP contribution in [0.5, 0.6) is 0 Å². The monoisotopic (exact) mass is 303 g/mol. The van der Waals surface area contributed by atoms with E-state index in [1.807, 2.05) is 0 Å². The predicted molar refractivity (Wildman–Crippen MR) is 85.9 cm³/mol. The molecule has 0 aromatic heterocycles. The number of benzene rings is 1. The zero-order valence-corrected chi connectivity index (χ0v) is 13.2. The molecule has 1 aliphatic carbocycles. The van der Waals surface area contributed by atoms with Crippen molar-refractivity contribution in [1.82, 2.24) is 5.32 Å². The molecule has 0 heterocycles. The van der Waals surface area contributed by atoms with Crippen molar-refractivity contribution in [3.63, 3.8) is 0 Å². The summed E-state index contributed by atoms with van der Waals surface area (Å²) in [5, 5.41) is 12.1. The summed E-state index contributed by atoms with van der Waals surface area (Å²) in [5.74, 6) is 0.350. The van der Waals surface area contributed by atoms with Crippen LogP contribution >= 0.6 is 0 Å². The molecule has 4 nitrogen and oxygen atoms in total. The van der Waals surface area contributed by atoms with E-state index in [1.54, 1.807) is 18.2 Å². The number of nitrogens with one attached hydrogen (secondary N) is 1. The number of amides is 1. The van der Waals surface area contributed by atoms with Crippen LogP contribution in [0, 0.1) is 11.8 Å². The third kappa shape index (κ3) is 4.58. The van der Waals surface area contributed by atoms with Gasteiger partial charge < -0.3 is 10.4 Å². The zero-order valence-electron chi connectivity index (χ0n) is 13.2. The van der Waals surface area contributed by atoms with Crippen molar-refractivity contribution in [3.8, 4) is 0 Å². The third-order valence-corrected chi connectivity index (χ3v) is 4.73. The normalized spacial score (nSPS) is 21.3. The summed E-state index contributed by atoms with van der Waals surface area (Å²) in [6, 6.07) is 6.69. The van der Waals surface area contributed by atoms with E-state index in [0.29, 0.717) is 18.0 Å². The first kappa shape index (κ1) is 16.5. The maximum absolute atomic E-state index is 12.0. The lowest BCUT2D eigenvalue weighted by atomic mass is 9.81. The Morgan fingerprint density at radius 3 is 2.41 bits per heavy atom. The summed E-state index contributed by atoms with van der Waals surface area (Å²) in [6.07, 6.45) is 6.28. The van der Waals surface area contributed by atoms with Gasteiger partial charge in [-0.3, -0.25) is 4.79 Å². The van der Waals surface area contributed by atoms with Gasteiger partial charge in [0.15, 0.2) is 0 Å². The van der Waals surface area contributed by atoms with Crippen molar-refractivity contribution in [3.05, 3.63) is 35.4 Å². The first-order valence-corrected chi connectivity index (χ1v) is 8.18. The van der Waals surface area contributed by atoms with E-state index in [1.165, 1.54) is 38.2 Å². The van der Waals surface area contributed by atoms with Crippen molar-refractivity contribution >= 4 is 11.9 Å². The van der Waals surface area contributed by atoms with Crippen LogP contribution in [0.4, 0.5) is 0 Å². The van der Waals surface area contributed by atoms with Crippen molar-refractivity contribution < 1.29 is 14.7 Å². The highest BCUT2D eigenvalue weighted by atomic mass is 16.4. The Hall–Kier alpha value is -1.84. The molecule has 1 aliphatic rings. The van der Waals surface area contributed by atoms with Crippen LogP contribution in [0.2, 0.25) is 0 Å². The van der Waals surface area contributed by atoms with Crippen LogP contribution in [0.25, 0.3) is 0 Å². The van der Waals surface area contributed by atoms with Crippen LogP contribution in [0.15, 0.2) is 24.3 Å². The standard InChI is InChI=1S/C18H25NO3/c1-2-13-7-9-14(10-8-13)12-19-17(20)11-15-5-3-4-6-16(15)18(21)22/h3-6,13-14H,2,7-12H2,1H3,(H,19,20)(H,21,22). The number of carboxylic acid groups (broad SMARTS) is 1. The molecule has 0 saturated heterocycles. The molecule has 0 aliphatic heterocycles. The predicted octanol–water partition coefficient (Wildman–Crippen LogP) is 3.26. The number of hydrogen-bond acceptors (Lipinski definition) is 2. The largest absolute Gasteiger partial charge is 0.478 e. The quantitative estimate of drug-likeness (QED) is 0.847. The minimum atomic E-state index is -0.985. The first-order valence-electron chi connectivity index (χ1n) is 8.18. The molecule has 2 N–H and O–H groups in total. The zero-order chi connectivity index (χ0) is 15.9. The number of aromatic carboxylic acids is 1. The van der Waals surface area contributed by atoms with Crippen molar-refractivity contribution in [2.24, 2.45) is 11.8 Å². The average Bonchev–Trinajstić information content (AvgIpc) is 2.53. The van der Waals surface area contributed by atoms with Gasteiger partial charge in [-0.05, 0) is 36.3 Å². The van der Waals surface area contributed by atoms with E-state index < -0.39 is 5.97 Å². The average molecular weight is 303 g/mol. The fourth-order valence-electron chi connectivity index (χ4n) is 3.22. The van der Waals surface area contributed by atoms with Gasteiger partial charge in [0.05, 0.1) is 12.0 Å². The Morgan fingerprint density at radius 1 is 1.14 bits per heavy atom. The van der Waals surface area contributed by atoms with Crippen molar-refractivity contribution in [1.29, 1.82) is 0 Å². The van der Waals surface area contributed by atoms with Gasteiger partial charge in [-0.2, -0.15) is 0 Å². The van der Waals surface area contributed by atoms with Crippen molar-refractivity contribution in [2.75, 3.05) is 6.54 Å². The maximum atomic E-state index is 12.0. The molecule has 0 atom stereocenters. The Labute approximate surface area is 131 Å². The Balaban J connectivity index is 1.80. The van der Waals surface area contributed by atoms with Gasteiger partial charge in [0.1, 0.15) is 0 Å². The topological polar surface area (TPSA) is 66.4 Å². The molecular formula is C18H25NO3. The van der Waals surface area contributed by atoms with Crippen LogP contribution in [-0.2, 0) is 11.2 Å². The molecular weight excluding hydrogens is 278 g/mol. The second-order valence-corrected chi connectivity index (χ2v) is 6.24. The molecule has 1 saturated carbocycles. The van der Waals surface area contributed by atoms with E-state index in [0.717, 1.165) is 5.92 Å². The van der Waals surface area contributed by atoms with Crippen LogP contribution < -0.4 is 5.32 Å². The summed E-state index contributed by atoms with van der Waals surface area (Å²) in [5.41, 5.74) is 0.781. The molecule has 0 unspecified atom stereocenters. The highest BCUT2D eigenvalue weighted by molar-refractivity contribution is 5.91. The molecule has 0 radical (unpaired) electrons. The SMILES string of the molecule is CCC1CCC(CNC(=O)Cc2ccccc2C(=O)O)CC1. The lowest BCUT2D eigenvalue weighted by Crippen LogP contribution is -2.32. The molecule has 0 bridgehead atoms. The van der Waals surface area contributed by atoms with E-state index in [9.17, 15) is 9.59 Å². The van der Waals surface area contributed by atoms with Crippen LogP contribution in [0.3, 0.4) is 0 Å². The second kappa shape index (κ2) is 7.97. The van der Waals surface area contributed by atoms with E-state index in [4.69, 9.17) is 5.11 Å². The molecule has 1 amide bonds. The van der Waals surface area contributed by atoms with Gasteiger partial charge in [0.25, 0.3) is 0 Å². The summed E-state index contributed by atoms with van der Waals surface area (Å²) in [7, 11) is 0.